The summed E-state index contributed by atoms with van der Waals surface area (Å²) in [6.45, 7) is 2.34. The number of ether oxygens (including phenoxy) is 1. The molecule has 0 bridgehead atoms. The summed E-state index contributed by atoms with van der Waals surface area (Å²) >= 11 is 5.68. The van der Waals surface area contributed by atoms with E-state index < -0.39 is 0 Å². The predicted molar refractivity (Wildman–Crippen MR) is 62.3 cm³/mol. The van der Waals surface area contributed by atoms with Gasteiger partial charge in [0.2, 0.25) is 5.28 Å². The number of hydrogen-bond donors (Lipinski definition) is 1. The standard InChI is InChI=1S/C11H16ClN3O/c12-11-14-6-4-10(15-11)8-16-7-9-3-1-2-5-13-9/h4,6,9,13H,1-3,5,7-8H2/t9-/m1/s1. The van der Waals surface area contributed by atoms with Gasteiger partial charge in [-0.3, -0.25) is 0 Å². The molecule has 0 saturated carbocycles. The van der Waals surface area contributed by atoms with Gasteiger partial charge in [-0.1, -0.05) is 6.42 Å². The number of halogens is 1. The first-order valence-corrected chi connectivity index (χ1v) is 6.01. The van der Waals surface area contributed by atoms with Crippen molar-refractivity contribution >= 4 is 11.6 Å². The molecule has 0 amide bonds. The Kier molecular flexibility index (Phi) is 4.51. The lowest BCUT2D eigenvalue weighted by Gasteiger charge is -2.23. The second-order valence-electron chi connectivity index (χ2n) is 3.98. The molecule has 1 aromatic heterocycles. The third-order valence-corrected chi connectivity index (χ3v) is 2.85. The second-order valence-corrected chi connectivity index (χ2v) is 4.32. The molecule has 1 atom stereocenters. The molecule has 1 aliphatic heterocycles. The number of nitrogens with zero attached hydrogens (tertiary/aromatic N) is 2. The first kappa shape index (κ1) is 11.8. The fourth-order valence-electron chi connectivity index (χ4n) is 1.82. The lowest BCUT2D eigenvalue weighted by atomic mass is 10.1. The van der Waals surface area contributed by atoms with Gasteiger partial charge < -0.3 is 10.1 Å². The van der Waals surface area contributed by atoms with Crippen LogP contribution in [0.15, 0.2) is 12.3 Å². The van der Waals surface area contributed by atoms with Crippen LogP contribution >= 0.6 is 11.6 Å². The normalized spacial score (nSPS) is 20.9. The minimum absolute atomic E-state index is 0.275. The van der Waals surface area contributed by atoms with E-state index in [1.54, 1.807) is 6.20 Å². The summed E-state index contributed by atoms with van der Waals surface area (Å²) in [6, 6.07) is 2.31. The van der Waals surface area contributed by atoms with Crippen LogP contribution in [0.5, 0.6) is 0 Å². The van der Waals surface area contributed by atoms with Crippen LogP contribution in [0, 0.1) is 0 Å². The zero-order valence-corrected chi connectivity index (χ0v) is 9.91. The predicted octanol–water partition coefficient (Wildman–Crippen LogP) is 1.79. The highest BCUT2D eigenvalue weighted by atomic mass is 35.5. The van der Waals surface area contributed by atoms with Crippen molar-refractivity contribution in [3.8, 4) is 0 Å². The maximum atomic E-state index is 5.68. The summed E-state index contributed by atoms with van der Waals surface area (Å²) in [5.41, 5.74) is 0.829. The maximum absolute atomic E-state index is 5.68. The second kappa shape index (κ2) is 6.13. The van der Waals surface area contributed by atoms with Crippen LogP contribution in [-0.2, 0) is 11.3 Å². The van der Waals surface area contributed by atoms with Crippen molar-refractivity contribution in [1.29, 1.82) is 0 Å². The SMILES string of the molecule is Clc1nccc(COC[C@H]2CCCCN2)n1. The van der Waals surface area contributed by atoms with Gasteiger partial charge in [-0.25, -0.2) is 9.97 Å². The number of piperidine rings is 1. The quantitative estimate of drug-likeness (QED) is 0.817. The summed E-state index contributed by atoms with van der Waals surface area (Å²) < 4.78 is 5.60. The largest absolute Gasteiger partial charge is 0.374 e. The summed E-state index contributed by atoms with van der Waals surface area (Å²) in [4.78, 5) is 7.89. The molecule has 0 aromatic carbocycles. The van der Waals surface area contributed by atoms with E-state index in [-0.39, 0.29) is 5.28 Å². The van der Waals surface area contributed by atoms with E-state index >= 15 is 0 Å². The Bertz CT molecular complexity index is 329. The van der Waals surface area contributed by atoms with Crippen molar-refractivity contribution in [3.05, 3.63) is 23.2 Å². The maximum Gasteiger partial charge on any atom is 0.222 e. The molecule has 1 aliphatic rings. The molecule has 5 heteroatoms. The highest BCUT2D eigenvalue weighted by molar-refractivity contribution is 6.28. The molecule has 88 valence electrons. The Morgan fingerprint density at radius 1 is 1.50 bits per heavy atom. The summed E-state index contributed by atoms with van der Waals surface area (Å²) in [5, 5.41) is 3.71. The van der Waals surface area contributed by atoms with E-state index in [0.29, 0.717) is 12.6 Å². The van der Waals surface area contributed by atoms with Crippen LogP contribution in [0.25, 0.3) is 0 Å². The number of nitrogens with one attached hydrogen (secondary N) is 1. The summed E-state index contributed by atoms with van der Waals surface area (Å²) in [7, 11) is 0. The Morgan fingerprint density at radius 2 is 2.44 bits per heavy atom. The topological polar surface area (TPSA) is 47.0 Å². The van der Waals surface area contributed by atoms with Crippen LogP contribution < -0.4 is 5.32 Å². The van der Waals surface area contributed by atoms with Crippen molar-refractivity contribution in [2.24, 2.45) is 0 Å². The third-order valence-electron chi connectivity index (χ3n) is 2.67. The van der Waals surface area contributed by atoms with E-state index in [0.717, 1.165) is 18.8 Å². The zero-order chi connectivity index (χ0) is 11.2. The number of hydrogen-bond acceptors (Lipinski definition) is 4. The van der Waals surface area contributed by atoms with Crippen LogP contribution in [0.3, 0.4) is 0 Å². The highest BCUT2D eigenvalue weighted by Gasteiger charge is 2.12. The molecule has 4 nitrogen and oxygen atoms in total. The molecule has 0 radical (unpaired) electrons. The lowest BCUT2D eigenvalue weighted by molar-refractivity contribution is 0.0890. The van der Waals surface area contributed by atoms with Gasteiger partial charge in [0.1, 0.15) is 0 Å². The van der Waals surface area contributed by atoms with Crippen LogP contribution in [0.1, 0.15) is 25.0 Å². The lowest BCUT2D eigenvalue weighted by Crippen LogP contribution is -2.37. The van der Waals surface area contributed by atoms with Crippen molar-refractivity contribution in [2.75, 3.05) is 13.2 Å². The van der Waals surface area contributed by atoms with Crippen molar-refractivity contribution in [2.45, 2.75) is 31.9 Å². The fraction of sp³-hybridized carbons (Fsp3) is 0.636. The van der Waals surface area contributed by atoms with E-state index in [1.165, 1.54) is 19.3 Å². The van der Waals surface area contributed by atoms with Crippen molar-refractivity contribution in [3.63, 3.8) is 0 Å². The average Bonchev–Trinajstić information content (AvgIpc) is 2.30. The monoisotopic (exact) mass is 241 g/mol. The molecule has 0 aliphatic carbocycles. The van der Waals surface area contributed by atoms with Crippen LogP contribution in [-0.4, -0.2) is 29.2 Å². The summed E-state index contributed by atoms with van der Waals surface area (Å²) in [6.07, 6.45) is 5.41. The number of rotatable bonds is 4. The van der Waals surface area contributed by atoms with E-state index in [2.05, 4.69) is 15.3 Å². The smallest absolute Gasteiger partial charge is 0.222 e. The molecule has 0 spiro atoms. The van der Waals surface area contributed by atoms with Gasteiger partial charge in [0.25, 0.3) is 0 Å². The Morgan fingerprint density at radius 3 is 3.19 bits per heavy atom. The molecule has 1 saturated heterocycles. The Balaban J connectivity index is 1.71. The first-order valence-electron chi connectivity index (χ1n) is 5.63. The molecule has 1 fully saturated rings. The zero-order valence-electron chi connectivity index (χ0n) is 9.16. The van der Waals surface area contributed by atoms with Gasteiger partial charge in [0.05, 0.1) is 18.9 Å². The highest BCUT2D eigenvalue weighted by Crippen LogP contribution is 2.08. The molecular formula is C11H16ClN3O. The van der Waals surface area contributed by atoms with Gasteiger partial charge >= 0.3 is 0 Å². The van der Waals surface area contributed by atoms with Crippen molar-refractivity contribution in [1.82, 2.24) is 15.3 Å². The first-order chi connectivity index (χ1) is 7.84. The molecule has 0 unspecified atom stereocenters. The minimum atomic E-state index is 0.275. The molecule has 2 heterocycles. The third kappa shape index (κ3) is 3.70. The molecule has 1 aromatic rings. The van der Waals surface area contributed by atoms with Gasteiger partial charge in [0, 0.05) is 12.2 Å². The van der Waals surface area contributed by atoms with Gasteiger partial charge in [-0.15, -0.1) is 0 Å². The average molecular weight is 242 g/mol. The van der Waals surface area contributed by atoms with Crippen LogP contribution in [0.2, 0.25) is 5.28 Å². The summed E-state index contributed by atoms with van der Waals surface area (Å²) in [5.74, 6) is 0. The molecular weight excluding hydrogens is 226 g/mol. The van der Waals surface area contributed by atoms with Gasteiger partial charge in [0.15, 0.2) is 0 Å². The van der Waals surface area contributed by atoms with E-state index in [9.17, 15) is 0 Å². The van der Waals surface area contributed by atoms with Crippen molar-refractivity contribution < 1.29 is 4.74 Å². The van der Waals surface area contributed by atoms with E-state index in [4.69, 9.17) is 16.3 Å². The Hall–Kier alpha value is -0.710. The van der Waals surface area contributed by atoms with Crippen LogP contribution in [0.4, 0.5) is 0 Å². The molecule has 2 rings (SSSR count). The molecule has 1 N–H and O–H groups in total. The fourth-order valence-corrected chi connectivity index (χ4v) is 1.99. The van der Waals surface area contributed by atoms with Gasteiger partial charge in [-0.05, 0) is 37.1 Å². The van der Waals surface area contributed by atoms with Gasteiger partial charge in [-0.2, -0.15) is 0 Å². The molecule has 16 heavy (non-hydrogen) atoms. The van der Waals surface area contributed by atoms with E-state index in [1.807, 2.05) is 6.07 Å². The number of aromatic nitrogens is 2. The minimum Gasteiger partial charge on any atom is -0.374 e. The Labute approximate surface area is 100 Å².